The van der Waals surface area contributed by atoms with Crippen molar-refractivity contribution in [3.05, 3.63) is 21.8 Å². The quantitative estimate of drug-likeness (QED) is 0.552. The topological polar surface area (TPSA) is 0 Å². The fourth-order valence-electron chi connectivity index (χ4n) is 0.530. The van der Waals surface area contributed by atoms with E-state index in [1.54, 1.807) is 0 Å². The Morgan fingerprint density at radius 2 is 1.33 bits per heavy atom. The van der Waals surface area contributed by atoms with Crippen LogP contribution in [0.4, 0.5) is 0 Å². The van der Waals surface area contributed by atoms with Crippen LogP contribution in [0.15, 0.2) is 0 Å². The summed E-state index contributed by atoms with van der Waals surface area (Å²) < 4.78 is 12.4. The summed E-state index contributed by atoms with van der Waals surface area (Å²) in [6.45, 7) is 17.2. The molecule has 0 fully saturated rings. The van der Waals surface area contributed by atoms with E-state index in [9.17, 15) is 0 Å². The molecule has 0 unspecified atom stereocenters. The third kappa shape index (κ3) is 99.6. The van der Waals surface area contributed by atoms with Gasteiger partial charge in [0.05, 0.1) is 0 Å². The van der Waals surface area contributed by atoms with Crippen LogP contribution in [0.25, 0.3) is 0 Å². The molecule has 0 atom stereocenters. The average Bonchev–Trinajstić information content (AvgIpc) is 2.00. The van der Waals surface area contributed by atoms with Crippen molar-refractivity contribution in [1.29, 1.82) is 0 Å². The van der Waals surface area contributed by atoms with E-state index < -0.39 is 0 Å². The fraction of sp³-hybridized carbons (Fsp3) is 0.786. The Morgan fingerprint density at radius 3 is 1.40 bits per heavy atom. The molecule has 0 amide bonds. The summed E-state index contributed by atoms with van der Waals surface area (Å²) in [5.41, 5.74) is 0.682. The molecular weight excluding hydrogens is 257 g/mol. The third-order valence-electron chi connectivity index (χ3n) is 0.927. The Balaban J connectivity index is -0.0000000471. The molecule has 0 aromatic rings. The Kier molecular flexibility index (Phi) is 18.8. The van der Waals surface area contributed by atoms with Crippen molar-refractivity contribution in [3.63, 3.8) is 0 Å². The van der Waals surface area contributed by atoms with Crippen LogP contribution in [0, 0.1) is 32.6 Å². The maximum absolute atomic E-state index is 6.88. The van der Waals surface area contributed by atoms with Gasteiger partial charge in [0.1, 0.15) is 0 Å². The number of rotatable bonds is 1. The molecule has 0 saturated carbocycles. The van der Waals surface area contributed by atoms with Gasteiger partial charge in [0.15, 0.2) is 0 Å². The summed E-state index contributed by atoms with van der Waals surface area (Å²) >= 11 is 0. The zero-order valence-corrected chi connectivity index (χ0v) is 15.0. The minimum atomic E-state index is 0. The molecule has 0 aromatic heterocycles. The first-order valence-corrected chi connectivity index (χ1v) is 4.71. The van der Waals surface area contributed by atoms with Gasteiger partial charge in [-0.3, -0.25) is 0 Å². The van der Waals surface area contributed by atoms with E-state index in [0.717, 1.165) is 6.42 Å². The largest absolute Gasteiger partial charge is 3.00 e. The molecule has 0 N–H and O–H groups in total. The molecular formula is C14H33Y. The van der Waals surface area contributed by atoms with Gasteiger partial charge >= 0.3 is 32.7 Å². The van der Waals surface area contributed by atoms with Crippen LogP contribution in [0.3, 0.4) is 0 Å². The minimum Gasteiger partial charge on any atom is -0.358 e. The van der Waals surface area contributed by atoms with Crippen molar-refractivity contribution in [3.8, 4) is 0 Å². The molecule has 0 aromatic carbocycles. The minimum absolute atomic E-state index is 0. The summed E-state index contributed by atoms with van der Waals surface area (Å²) in [5, 5.41) is 0. The first-order valence-electron chi connectivity index (χ1n) is 6.12. The number of hydrogen-bond donors (Lipinski definition) is 0. The van der Waals surface area contributed by atoms with Gasteiger partial charge in [-0.1, -0.05) is 54.9 Å². The summed E-state index contributed by atoms with van der Waals surface area (Å²) in [5.74, 6) is 0. The molecule has 0 bridgehead atoms. The van der Waals surface area contributed by atoms with Crippen LogP contribution in [0.2, 0.25) is 0 Å². The Labute approximate surface area is 129 Å². The summed E-state index contributed by atoms with van der Waals surface area (Å²) in [6, 6.07) is 0. The van der Waals surface area contributed by atoms with Crippen molar-refractivity contribution >= 4 is 0 Å². The molecule has 1 heteroatoms. The normalized spacial score (nSPS) is 10.9. The van der Waals surface area contributed by atoms with E-state index in [4.69, 9.17) is 2.74 Å². The van der Waals surface area contributed by atoms with Crippen LogP contribution in [0.1, 0.15) is 64.0 Å². The van der Waals surface area contributed by atoms with Gasteiger partial charge in [0.2, 0.25) is 0 Å². The van der Waals surface area contributed by atoms with Crippen molar-refractivity contribution < 1.29 is 35.5 Å². The predicted octanol–water partition coefficient (Wildman–Crippen LogP) is 5.60. The van der Waals surface area contributed by atoms with E-state index in [1.807, 2.05) is 0 Å². The van der Waals surface area contributed by atoms with E-state index in [-0.39, 0.29) is 45.6 Å². The van der Waals surface area contributed by atoms with Crippen LogP contribution in [-0.4, -0.2) is 0 Å². The monoisotopic (exact) mass is 292 g/mol. The molecule has 0 radical (unpaired) electrons. The average molecular weight is 292 g/mol. The molecule has 0 aliphatic rings. The first-order chi connectivity index (χ1) is 6.56. The van der Waals surface area contributed by atoms with E-state index >= 15 is 0 Å². The van der Waals surface area contributed by atoms with Crippen molar-refractivity contribution in [1.82, 2.24) is 0 Å². The Morgan fingerprint density at radius 1 is 1.07 bits per heavy atom. The molecule has 15 heavy (non-hydrogen) atoms. The van der Waals surface area contributed by atoms with Crippen LogP contribution >= 0.6 is 0 Å². The molecule has 0 rings (SSSR count). The molecule has 0 spiro atoms. The van der Waals surface area contributed by atoms with Gasteiger partial charge in [-0.15, -0.1) is 0 Å². The maximum Gasteiger partial charge on any atom is 3.00 e. The van der Waals surface area contributed by atoms with Gasteiger partial charge in [-0.05, 0) is 11.8 Å². The van der Waals surface area contributed by atoms with Crippen LogP contribution in [0.5, 0.6) is 0 Å². The van der Waals surface area contributed by atoms with Crippen LogP contribution < -0.4 is 0 Å². The van der Waals surface area contributed by atoms with Crippen molar-refractivity contribution in [2.45, 2.75) is 61.3 Å². The molecule has 0 aliphatic heterocycles. The predicted molar refractivity (Wildman–Crippen MR) is 72.0 cm³/mol. The molecule has 0 aliphatic carbocycles. The van der Waals surface area contributed by atoms with E-state index in [0.29, 0.717) is 12.3 Å². The summed E-state index contributed by atoms with van der Waals surface area (Å²) in [6.07, 6.45) is 2.22. The Bertz CT molecular complexity index is 106. The van der Waals surface area contributed by atoms with Gasteiger partial charge in [0, 0.05) is 1.37 Å². The van der Waals surface area contributed by atoms with E-state index in [2.05, 4.69) is 55.9 Å². The van der Waals surface area contributed by atoms with Gasteiger partial charge in [-0.2, -0.15) is 5.41 Å². The Hall–Kier alpha value is 1.10. The van der Waals surface area contributed by atoms with Gasteiger partial charge in [-0.25, -0.2) is 1.37 Å². The second-order valence-corrected chi connectivity index (χ2v) is 5.72. The second-order valence-electron chi connectivity index (χ2n) is 5.72. The number of hydrogen-bond acceptors (Lipinski definition) is 0. The molecule has 0 heterocycles. The smallest absolute Gasteiger partial charge is 0.358 e. The molecule has 0 nitrogen and oxygen atoms in total. The summed E-state index contributed by atoms with van der Waals surface area (Å²) in [4.78, 5) is 0. The standard InChI is InChI=1S/C7H16.C5H11.2CH3.Y/c1-5-6-7(2,3)4;1-5(2,3)4;;;/h5-6H2,1-4H3;1H2,2-4H3;2*1H3;/q;3*-1;+3/i1D;;1D;;. The SMILES string of the molecule is [2H]CCCC(C)(C)C.[2H][CH2-].[CH2-]C(C)(C)C.[CH3-].[Y+3]. The third-order valence-corrected chi connectivity index (χ3v) is 0.927. The molecule has 0 saturated heterocycles. The van der Waals surface area contributed by atoms with Gasteiger partial charge in [0.25, 0.3) is 0 Å². The first kappa shape index (κ1) is 21.4. The zero-order chi connectivity index (χ0) is 13.1. The fourth-order valence-corrected chi connectivity index (χ4v) is 0.530. The second kappa shape index (κ2) is 13.2. The summed E-state index contributed by atoms with van der Waals surface area (Å²) in [7, 11) is 2.50. The van der Waals surface area contributed by atoms with Crippen molar-refractivity contribution in [2.24, 2.45) is 10.8 Å². The molecule has 92 valence electrons. The van der Waals surface area contributed by atoms with E-state index in [1.165, 1.54) is 6.42 Å². The van der Waals surface area contributed by atoms with Gasteiger partial charge < -0.3 is 21.8 Å². The maximum atomic E-state index is 6.88. The zero-order valence-electron chi connectivity index (χ0n) is 14.1. The van der Waals surface area contributed by atoms with Crippen molar-refractivity contribution in [2.75, 3.05) is 0 Å². The van der Waals surface area contributed by atoms with Crippen LogP contribution in [-0.2, 0) is 32.7 Å².